The number of hydrogen-bond donors (Lipinski definition) is 0. The SMILES string of the molecule is CCOC(=O)C(C(C)=O)C(C)N1CCCCC1CC(=O)c1ccc(F)cc1. The van der Waals surface area contributed by atoms with Crippen molar-refractivity contribution in [3.05, 3.63) is 35.6 Å². The zero-order valence-corrected chi connectivity index (χ0v) is 16.2. The number of Topliss-reactive ketones (excluding diaryl/α,β-unsaturated/α-hetero) is 2. The second-order valence-corrected chi connectivity index (χ2v) is 7.10. The van der Waals surface area contributed by atoms with Gasteiger partial charge in [0.05, 0.1) is 6.61 Å². The molecule has 0 amide bonds. The summed E-state index contributed by atoms with van der Waals surface area (Å²) in [7, 11) is 0. The molecule has 1 saturated heterocycles. The number of esters is 1. The van der Waals surface area contributed by atoms with Crippen molar-refractivity contribution in [2.24, 2.45) is 5.92 Å². The smallest absolute Gasteiger partial charge is 0.318 e. The summed E-state index contributed by atoms with van der Waals surface area (Å²) in [6.07, 6.45) is 3.06. The minimum Gasteiger partial charge on any atom is -0.465 e. The van der Waals surface area contributed by atoms with Gasteiger partial charge in [-0.3, -0.25) is 19.3 Å². The lowest BCUT2D eigenvalue weighted by Crippen LogP contribution is -2.52. The van der Waals surface area contributed by atoms with Crippen LogP contribution in [0.1, 0.15) is 56.8 Å². The third kappa shape index (κ3) is 5.45. The van der Waals surface area contributed by atoms with Crippen LogP contribution in [0.3, 0.4) is 0 Å². The van der Waals surface area contributed by atoms with E-state index in [1.807, 2.05) is 6.92 Å². The molecule has 0 bridgehead atoms. The van der Waals surface area contributed by atoms with Crippen LogP contribution in [0.2, 0.25) is 0 Å². The number of nitrogens with zero attached hydrogens (tertiary/aromatic N) is 1. The number of carbonyl (C=O) groups excluding carboxylic acids is 3. The molecule has 2 rings (SSSR count). The van der Waals surface area contributed by atoms with E-state index in [2.05, 4.69) is 4.90 Å². The van der Waals surface area contributed by atoms with E-state index in [1.54, 1.807) is 6.92 Å². The molecule has 1 heterocycles. The maximum absolute atomic E-state index is 13.1. The number of ether oxygens (including phenoxy) is 1. The molecular formula is C21H28FNO4. The Morgan fingerprint density at radius 3 is 2.48 bits per heavy atom. The van der Waals surface area contributed by atoms with Gasteiger partial charge in [-0.1, -0.05) is 6.42 Å². The van der Waals surface area contributed by atoms with Crippen LogP contribution in [0.15, 0.2) is 24.3 Å². The number of likely N-dealkylation sites (tertiary alicyclic amines) is 1. The molecule has 1 aromatic carbocycles. The molecule has 3 atom stereocenters. The first-order chi connectivity index (χ1) is 12.8. The van der Waals surface area contributed by atoms with Gasteiger partial charge in [-0.05, 0) is 64.4 Å². The molecule has 1 fully saturated rings. The Morgan fingerprint density at radius 1 is 1.22 bits per heavy atom. The van der Waals surface area contributed by atoms with Gasteiger partial charge in [0.1, 0.15) is 17.5 Å². The monoisotopic (exact) mass is 377 g/mol. The first kappa shape index (κ1) is 21.2. The van der Waals surface area contributed by atoms with Crippen molar-refractivity contribution in [2.45, 2.75) is 58.5 Å². The number of carbonyl (C=O) groups is 3. The summed E-state index contributed by atoms with van der Waals surface area (Å²) in [5, 5.41) is 0. The molecule has 27 heavy (non-hydrogen) atoms. The van der Waals surface area contributed by atoms with Gasteiger partial charge in [-0.15, -0.1) is 0 Å². The topological polar surface area (TPSA) is 63.7 Å². The molecule has 0 N–H and O–H groups in total. The molecule has 148 valence electrons. The van der Waals surface area contributed by atoms with Gasteiger partial charge in [0, 0.05) is 24.1 Å². The summed E-state index contributed by atoms with van der Waals surface area (Å²) in [5.41, 5.74) is 0.475. The Labute approximate surface area is 159 Å². The number of benzene rings is 1. The predicted octanol–water partition coefficient (Wildman–Crippen LogP) is 3.41. The van der Waals surface area contributed by atoms with Crippen LogP contribution >= 0.6 is 0 Å². The Hall–Kier alpha value is -2.08. The van der Waals surface area contributed by atoms with E-state index in [0.717, 1.165) is 25.8 Å². The molecule has 1 aliphatic heterocycles. The van der Waals surface area contributed by atoms with Gasteiger partial charge in [0.25, 0.3) is 0 Å². The van der Waals surface area contributed by atoms with Gasteiger partial charge >= 0.3 is 5.97 Å². The highest BCUT2D eigenvalue weighted by Crippen LogP contribution is 2.27. The van der Waals surface area contributed by atoms with Crippen molar-refractivity contribution in [2.75, 3.05) is 13.2 Å². The first-order valence-electron chi connectivity index (χ1n) is 9.56. The van der Waals surface area contributed by atoms with Crippen molar-refractivity contribution >= 4 is 17.5 Å². The van der Waals surface area contributed by atoms with Crippen LogP contribution in [0, 0.1) is 11.7 Å². The lowest BCUT2D eigenvalue weighted by atomic mass is 9.89. The standard InChI is InChI=1S/C21H28FNO4/c1-4-27-21(26)20(15(3)24)14(2)23-12-6-5-7-18(23)13-19(25)16-8-10-17(22)11-9-16/h8-11,14,18,20H,4-7,12-13H2,1-3H3. The zero-order valence-electron chi connectivity index (χ0n) is 16.2. The third-order valence-electron chi connectivity index (χ3n) is 5.24. The summed E-state index contributed by atoms with van der Waals surface area (Å²) in [5.74, 6) is -2.03. The lowest BCUT2D eigenvalue weighted by Gasteiger charge is -2.41. The van der Waals surface area contributed by atoms with E-state index in [4.69, 9.17) is 4.74 Å². The molecular weight excluding hydrogens is 349 g/mol. The average Bonchev–Trinajstić information content (AvgIpc) is 2.62. The highest BCUT2D eigenvalue weighted by atomic mass is 19.1. The van der Waals surface area contributed by atoms with Crippen LogP contribution in [0.4, 0.5) is 4.39 Å². The minimum absolute atomic E-state index is 0.0532. The largest absolute Gasteiger partial charge is 0.465 e. The fourth-order valence-electron chi connectivity index (χ4n) is 3.87. The fraction of sp³-hybridized carbons (Fsp3) is 0.571. The van der Waals surface area contributed by atoms with E-state index in [9.17, 15) is 18.8 Å². The van der Waals surface area contributed by atoms with Crippen LogP contribution in [0.5, 0.6) is 0 Å². The molecule has 0 aromatic heterocycles. The van der Waals surface area contributed by atoms with Gasteiger partial charge in [-0.25, -0.2) is 4.39 Å². The number of halogens is 1. The maximum Gasteiger partial charge on any atom is 0.318 e. The van der Waals surface area contributed by atoms with E-state index in [0.29, 0.717) is 5.56 Å². The van der Waals surface area contributed by atoms with Gasteiger partial charge < -0.3 is 4.74 Å². The normalized spacial score (nSPS) is 19.9. The molecule has 0 aliphatic carbocycles. The highest BCUT2D eigenvalue weighted by Gasteiger charge is 2.38. The lowest BCUT2D eigenvalue weighted by molar-refractivity contribution is -0.154. The maximum atomic E-state index is 13.1. The van der Waals surface area contributed by atoms with Crippen LogP contribution in [-0.4, -0.2) is 47.7 Å². The average molecular weight is 377 g/mol. The van der Waals surface area contributed by atoms with Crippen LogP contribution < -0.4 is 0 Å². The van der Waals surface area contributed by atoms with E-state index in [-0.39, 0.29) is 42.5 Å². The predicted molar refractivity (Wildman–Crippen MR) is 100.0 cm³/mol. The molecule has 0 saturated carbocycles. The van der Waals surface area contributed by atoms with Crippen LogP contribution in [-0.2, 0) is 14.3 Å². The summed E-state index contributed by atoms with van der Waals surface area (Å²) < 4.78 is 18.2. The highest BCUT2D eigenvalue weighted by molar-refractivity contribution is 5.98. The van der Waals surface area contributed by atoms with Crippen molar-refractivity contribution in [1.82, 2.24) is 4.90 Å². The molecule has 0 spiro atoms. The number of piperidine rings is 1. The molecule has 0 radical (unpaired) electrons. The minimum atomic E-state index is -0.855. The third-order valence-corrected chi connectivity index (χ3v) is 5.24. The summed E-state index contributed by atoms with van der Waals surface area (Å²) in [4.78, 5) is 39.1. The van der Waals surface area contributed by atoms with E-state index >= 15 is 0 Å². The van der Waals surface area contributed by atoms with Gasteiger partial charge in [-0.2, -0.15) is 0 Å². The fourth-order valence-corrected chi connectivity index (χ4v) is 3.87. The molecule has 5 nitrogen and oxygen atoms in total. The quantitative estimate of drug-likeness (QED) is 0.395. The Bertz CT molecular complexity index is 673. The summed E-state index contributed by atoms with van der Waals surface area (Å²) >= 11 is 0. The van der Waals surface area contributed by atoms with Crippen molar-refractivity contribution in [1.29, 1.82) is 0 Å². The molecule has 1 aliphatic rings. The Balaban J connectivity index is 2.15. The van der Waals surface area contributed by atoms with Crippen molar-refractivity contribution in [3.63, 3.8) is 0 Å². The number of rotatable bonds is 8. The van der Waals surface area contributed by atoms with Gasteiger partial charge in [0.2, 0.25) is 0 Å². The second-order valence-electron chi connectivity index (χ2n) is 7.10. The number of hydrogen-bond acceptors (Lipinski definition) is 5. The number of ketones is 2. The summed E-state index contributed by atoms with van der Waals surface area (Å²) in [6.45, 7) is 5.92. The summed E-state index contributed by atoms with van der Waals surface area (Å²) in [6, 6.07) is 5.15. The van der Waals surface area contributed by atoms with Crippen molar-refractivity contribution in [3.8, 4) is 0 Å². The second kappa shape index (κ2) is 9.74. The van der Waals surface area contributed by atoms with Crippen molar-refractivity contribution < 1.29 is 23.5 Å². The zero-order chi connectivity index (χ0) is 20.0. The van der Waals surface area contributed by atoms with E-state index in [1.165, 1.54) is 31.2 Å². The van der Waals surface area contributed by atoms with Crippen LogP contribution in [0.25, 0.3) is 0 Å². The Kier molecular flexibility index (Phi) is 7.66. The molecule has 6 heteroatoms. The van der Waals surface area contributed by atoms with Gasteiger partial charge in [0.15, 0.2) is 5.78 Å². The van der Waals surface area contributed by atoms with E-state index < -0.39 is 11.9 Å². The first-order valence-corrected chi connectivity index (χ1v) is 9.56. The molecule has 3 unspecified atom stereocenters. The Morgan fingerprint density at radius 2 is 1.89 bits per heavy atom. The molecule has 1 aromatic rings.